The molecule has 0 radical (unpaired) electrons. The number of halogens is 2. The van der Waals surface area contributed by atoms with Crippen LogP contribution in [0.4, 0.5) is 8.78 Å². The minimum Gasteiger partial charge on any atom is -0.368 e. The Morgan fingerprint density at radius 2 is 1.87 bits per heavy atom. The summed E-state index contributed by atoms with van der Waals surface area (Å²) in [5.74, 6) is -1.19. The van der Waals surface area contributed by atoms with Crippen molar-refractivity contribution in [1.82, 2.24) is 0 Å². The zero-order valence-corrected chi connectivity index (χ0v) is 7.99. The maximum atomic E-state index is 12.6. The highest BCUT2D eigenvalue weighted by atomic mass is 19.3. The lowest BCUT2D eigenvalue weighted by Crippen LogP contribution is -2.59. The molecule has 0 unspecified atom stereocenters. The number of benzene rings is 1. The third-order valence-electron chi connectivity index (χ3n) is 2.19. The zero-order valence-electron chi connectivity index (χ0n) is 7.99. The van der Waals surface area contributed by atoms with Gasteiger partial charge in [0.25, 0.3) is 6.43 Å². The lowest BCUT2D eigenvalue weighted by Gasteiger charge is -2.24. The lowest BCUT2D eigenvalue weighted by atomic mass is 9.91. The number of rotatable bonds is 4. The largest absolute Gasteiger partial charge is 0.368 e. The molecule has 3 nitrogen and oxygen atoms in total. The molecule has 1 atom stereocenters. The van der Waals surface area contributed by atoms with Crippen LogP contribution in [0.25, 0.3) is 0 Å². The second-order valence-electron chi connectivity index (χ2n) is 3.37. The van der Waals surface area contributed by atoms with E-state index in [1.54, 1.807) is 30.3 Å². The standard InChI is InChI=1S/C10H12F2N2O/c11-8(12)10(14,9(13)15)6-7-4-2-1-3-5-7/h1-5,8H,6,14H2,(H2,13,15)/t10-/m0/s1. The Hall–Kier alpha value is -1.49. The molecule has 15 heavy (non-hydrogen) atoms. The van der Waals surface area contributed by atoms with E-state index in [-0.39, 0.29) is 6.42 Å². The molecule has 0 aliphatic rings. The van der Waals surface area contributed by atoms with E-state index >= 15 is 0 Å². The van der Waals surface area contributed by atoms with Crippen LogP contribution in [0.1, 0.15) is 5.56 Å². The molecule has 1 amide bonds. The highest BCUT2D eigenvalue weighted by Crippen LogP contribution is 2.18. The monoisotopic (exact) mass is 214 g/mol. The number of nitrogens with two attached hydrogens (primary N) is 2. The van der Waals surface area contributed by atoms with Crippen LogP contribution >= 0.6 is 0 Å². The van der Waals surface area contributed by atoms with Crippen molar-refractivity contribution in [3.8, 4) is 0 Å². The van der Waals surface area contributed by atoms with Crippen LogP contribution in [0.15, 0.2) is 30.3 Å². The van der Waals surface area contributed by atoms with E-state index in [4.69, 9.17) is 11.5 Å². The third-order valence-corrected chi connectivity index (χ3v) is 2.19. The van der Waals surface area contributed by atoms with Crippen molar-refractivity contribution in [2.24, 2.45) is 11.5 Å². The molecule has 0 spiro atoms. The molecule has 1 aromatic rings. The predicted octanol–water partition coefficient (Wildman–Crippen LogP) is 0.677. The van der Waals surface area contributed by atoms with Gasteiger partial charge < -0.3 is 11.5 Å². The lowest BCUT2D eigenvalue weighted by molar-refractivity contribution is -0.128. The Morgan fingerprint density at radius 3 is 2.27 bits per heavy atom. The summed E-state index contributed by atoms with van der Waals surface area (Å²) in [5.41, 5.74) is 8.43. The smallest absolute Gasteiger partial charge is 0.265 e. The van der Waals surface area contributed by atoms with Gasteiger partial charge in [-0.15, -0.1) is 0 Å². The quantitative estimate of drug-likeness (QED) is 0.773. The molecule has 0 heterocycles. The first-order valence-electron chi connectivity index (χ1n) is 4.37. The maximum Gasteiger partial charge on any atom is 0.265 e. The normalized spacial score (nSPS) is 14.9. The molecule has 0 aromatic heterocycles. The zero-order chi connectivity index (χ0) is 11.5. The highest BCUT2D eigenvalue weighted by molar-refractivity contribution is 5.85. The van der Waals surface area contributed by atoms with Crippen molar-refractivity contribution in [3.63, 3.8) is 0 Å². The van der Waals surface area contributed by atoms with Crippen LogP contribution in [-0.2, 0) is 11.2 Å². The van der Waals surface area contributed by atoms with E-state index in [1.807, 2.05) is 0 Å². The van der Waals surface area contributed by atoms with Crippen molar-refractivity contribution in [2.75, 3.05) is 0 Å². The van der Waals surface area contributed by atoms with E-state index < -0.39 is 17.9 Å². The van der Waals surface area contributed by atoms with Gasteiger partial charge in [0.2, 0.25) is 5.91 Å². The minimum atomic E-state index is -2.98. The molecule has 1 rings (SSSR count). The van der Waals surface area contributed by atoms with Crippen LogP contribution in [0.5, 0.6) is 0 Å². The summed E-state index contributed by atoms with van der Waals surface area (Å²) >= 11 is 0. The molecule has 0 aliphatic heterocycles. The van der Waals surface area contributed by atoms with Crippen molar-refractivity contribution in [3.05, 3.63) is 35.9 Å². The Balaban J connectivity index is 2.90. The molecule has 0 saturated carbocycles. The van der Waals surface area contributed by atoms with Crippen LogP contribution in [0.2, 0.25) is 0 Å². The van der Waals surface area contributed by atoms with Gasteiger partial charge in [0.1, 0.15) is 0 Å². The molecule has 0 aliphatic carbocycles. The SMILES string of the molecule is NC(=O)[C@](N)(Cc1ccccc1)C(F)F. The van der Waals surface area contributed by atoms with Gasteiger partial charge in [-0.3, -0.25) is 4.79 Å². The molecule has 5 heteroatoms. The van der Waals surface area contributed by atoms with E-state index in [0.717, 1.165) is 0 Å². The van der Waals surface area contributed by atoms with Gasteiger partial charge in [0.15, 0.2) is 5.54 Å². The highest BCUT2D eigenvalue weighted by Gasteiger charge is 2.41. The fraction of sp³-hybridized carbons (Fsp3) is 0.300. The van der Waals surface area contributed by atoms with Gasteiger partial charge in [-0.25, -0.2) is 8.78 Å². The second-order valence-corrected chi connectivity index (χ2v) is 3.37. The molecule has 4 N–H and O–H groups in total. The Bertz CT molecular complexity index is 343. The van der Waals surface area contributed by atoms with Gasteiger partial charge >= 0.3 is 0 Å². The Kier molecular flexibility index (Phi) is 3.36. The molecule has 0 fully saturated rings. The topological polar surface area (TPSA) is 69.1 Å². The van der Waals surface area contributed by atoms with Crippen LogP contribution in [0, 0.1) is 0 Å². The van der Waals surface area contributed by atoms with Crippen molar-refractivity contribution in [1.29, 1.82) is 0 Å². The Labute approximate surface area is 86.1 Å². The van der Waals surface area contributed by atoms with Gasteiger partial charge in [-0.05, 0) is 5.56 Å². The number of amides is 1. The van der Waals surface area contributed by atoms with Crippen molar-refractivity contribution < 1.29 is 13.6 Å². The maximum absolute atomic E-state index is 12.6. The number of alkyl halides is 2. The van der Waals surface area contributed by atoms with Gasteiger partial charge in [0, 0.05) is 6.42 Å². The van der Waals surface area contributed by atoms with Crippen LogP contribution in [-0.4, -0.2) is 17.9 Å². The number of carbonyl (C=O) groups is 1. The second kappa shape index (κ2) is 4.35. The van der Waals surface area contributed by atoms with E-state index in [1.165, 1.54) is 0 Å². The first kappa shape index (κ1) is 11.6. The van der Waals surface area contributed by atoms with Crippen LogP contribution < -0.4 is 11.5 Å². The Morgan fingerprint density at radius 1 is 1.33 bits per heavy atom. The molecular formula is C10H12F2N2O. The third kappa shape index (κ3) is 2.50. The van der Waals surface area contributed by atoms with E-state index in [0.29, 0.717) is 5.56 Å². The molecule has 82 valence electrons. The number of carbonyl (C=O) groups excluding carboxylic acids is 1. The van der Waals surface area contributed by atoms with Gasteiger partial charge in [-0.2, -0.15) is 0 Å². The number of primary amides is 1. The minimum absolute atomic E-state index is 0.263. The summed E-state index contributed by atoms with van der Waals surface area (Å²) in [6.45, 7) is 0. The fourth-order valence-electron chi connectivity index (χ4n) is 1.21. The fourth-order valence-corrected chi connectivity index (χ4v) is 1.21. The van der Waals surface area contributed by atoms with Crippen LogP contribution in [0.3, 0.4) is 0 Å². The van der Waals surface area contributed by atoms with Crippen molar-refractivity contribution >= 4 is 5.91 Å². The van der Waals surface area contributed by atoms with E-state index in [9.17, 15) is 13.6 Å². The summed E-state index contributed by atoms with van der Waals surface area (Å²) in [5, 5.41) is 0. The molecule has 0 saturated heterocycles. The number of hydrogen-bond acceptors (Lipinski definition) is 2. The first-order chi connectivity index (χ1) is 6.97. The van der Waals surface area contributed by atoms with Gasteiger partial charge in [0.05, 0.1) is 0 Å². The molecule has 1 aromatic carbocycles. The summed E-state index contributed by atoms with van der Waals surface area (Å²) in [7, 11) is 0. The van der Waals surface area contributed by atoms with Gasteiger partial charge in [-0.1, -0.05) is 30.3 Å². The average molecular weight is 214 g/mol. The summed E-state index contributed by atoms with van der Waals surface area (Å²) < 4.78 is 25.2. The summed E-state index contributed by atoms with van der Waals surface area (Å²) in [6, 6.07) is 8.35. The first-order valence-corrected chi connectivity index (χ1v) is 4.37. The van der Waals surface area contributed by atoms with Crippen molar-refractivity contribution in [2.45, 2.75) is 18.4 Å². The molecular weight excluding hydrogens is 202 g/mol. The average Bonchev–Trinajstić information content (AvgIpc) is 2.18. The predicted molar refractivity (Wildman–Crippen MR) is 52.3 cm³/mol. The van der Waals surface area contributed by atoms with E-state index in [2.05, 4.69) is 0 Å². The summed E-state index contributed by atoms with van der Waals surface area (Å²) in [4.78, 5) is 10.9. The summed E-state index contributed by atoms with van der Waals surface area (Å²) in [6.07, 6.45) is -3.24. The number of hydrogen-bond donors (Lipinski definition) is 2. The molecule has 0 bridgehead atoms.